The van der Waals surface area contributed by atoms with Crippen molar-refractivity contribution in [2.75, 3.05) is 13.6 Å². The molecule has 0 aliphatic carbocycles. The van der Waals surface area contributed by atoms with Gasteiger partial charge in [-0.15, -0.1) is 0 Å². The number of aliphatic imine (C=N–C) groups is 1. The summed E-state index contributed by atoms with van der Waals surface area (Å²) in [6, 6.07) is 17.3. The molecule has 3 rings (SSSR count). The molecule has 1 atom stereocenters. The average molecular weight is 346 g/mol. The molecule has 1 heterocycles. The van der Waals surface area contributed by atoms with Crippen molar-refractivity contribution in [2.45, 2.75) is 26.3 Å². The molecule has 1 aromatic heterocycles. The summed E-state index contributed by atoms with van der Waals surface area (Å²) in [5.74, 6) is 0.817. The molecule has 0 saturated heterocycles. The number of guanidine groups is 1. The summed E-state index contributed by atoms with van der Waals surface area (Å²) in [5, 5.41) is 9.40. The minimum atomic E-state index is 0.175. The normalized spacial score (nSPS) is 12.8. The fourth-order valence-electron chi connectivity index (χ4n) is 3.06. The van der Waals surface area contributed by atoms with Crippen LogP contribution in [0.15, 0.2) is 65.9 Å². The van der Waals surface area contributed by atoms with Crippen molar-refractivity contribution in [1.82, 2.24) is 15.6 Å². The smallest absolute Gasteiger partial charge is 0.191 e. The van der Waals surface area contributed by atoms with E-state index in [1.807, 2.05) is 12.4 Å². The number of rotatable bonds is 5. The lowest BCUT2D eigenvalue weighted by Gasteiger charge is -2.19. The first-order valence-corrected chi connectivity index (χ1v) is 9.03. The van der Waals surface area contributed by atoms with Crippen LogP contribution in [0.4, 0.5) is 0 Å². The number of hydrogen-bond acceptors (Lipinski definition) is 2. The highest BCUT2D eigenvalue weighted by Gasteiger charge is 2.08. The molecule has 2 aromatic carbocycles. The summed E-state index contributed by atoms with van der Waals surface area (Å²) >= 11 is 0. The Morgan fingerprint density at radius 3 is 2.69 bits per heavy atom. The first-order valence-electron chi connectivity index (χ1n) is 9.03. The molecule has 0 fully saturated rings. The molecule has 134 valence electrons. The highest BCUT2D eigenvalue weighted by molar-refractivity contribution is 5.84. The van der Waals surface area contributed by atoms with Gasteiger partial charge in [-0.05, 0) is 59.9 Å². The van der Waals surface area contributed by atoms with Gasteiger partial charge >= 0.3 is 0 Å². The predicted octanol–water partition coefficient (Wildman–Crippen LogP) is 4.01. The topological polar surface area (TPSA) is 49.3 Å². The molecule has 0 amide bonds. The number of aromatic nitrogens is 1. The predicted molar refractivity (Wildman–Crippen MR) is 110 cm³/mol. The van der Waals surface area contributed by atoms with Crippen molar-refractivity contribution in [1.29, 1.82) is 0 Å². The zero-order valence-corrected chi connectivity index (χ0v) is 15.7. The van der Waals surface area contributed by atoms with Crippen LogP contribution in [0.3, 0.4) is 0 Å². The Labute approximate surface area is 155 Å². The highest BCUT2D eigenvalue weighted by Crippen LogP contribution is 2.20. The van der Waals surface area contributed by atoms with Gasteiger partial charge in [0.2, 0.25) is 0 Å². The lowest BCUT2D eigenvalue weighted by molar-refractivity contribution is 0.685. The monoisotopic (exact) mass is 346 g/mol. The number of nitrogens with one attached hydrogen (secondary N) is 2. The number of aryl methyl sites for hydroxylation is 1. The lowest BCUT2D eigenvalue weighted by Crippen LogP contribution is -2.39. The van der Waals surface area contributed by atoms with E-state index >= 15 is 0 Å². The largest absolute Gasteiger partial charge is 0.356 e. The molecule has 0 radical (unpaired) electrons. The van der Waals surface area contributed by atoms with Gasteiger partial charge in [0, 0.05) is 26.0 Å². The van der Waals surface area contributed by atoms with Crippen molar-refractivity contribution < 1.29 is 0 Å². The van der Waals surface area contributed by atoms with E-state index in [-0.39, 0.29) is 6.04 Å². The van der Waals surface area contributed by atoms with E-state index in [4.69, 9.17) is 0 Å². The zero-order chi connectivity index (χ0) is 18.4. The quantitative estimate of drug-likeness (QED) is 0.542. The van der Waals surface area contributed by atoms with Gasteiger partial charge in [0.1, 0.15) is 0 Å². The fraction of sp³-hybridized carbons (Fsp3) is 0.273. The van der Waals surface area contributed by atoms with Gasteiger partial charge in [-0.2, -0.15) is 0 Å². The van der Waals surface area contributed by atoms with Gasteiger partial charge in [-0.3, -0.25) is 9.98 Å². The molecular formula is C22H26N4. The van der Waals surface area contributed by atoms with E-state index in [2.05, 4.69) is 83.0 Å². The molecule has 1 unspecified atom stereocenters. The average Bonchev–Trinajstić information content (AvgIpc) is 2.68. The number of hydrogen-bond donors (Lipinski definition) is 2. The number of fused-ring (bicyclic) bond motifs is 1. The van der Waals surface area contributed by atoms with Gasteiger partial charge in [0.05, 0.1) is 6.04 Å². The van der Waals surface area contributed by atoms with Crippen molar-refractivity contribution in [3.05, 3.63) is 77.6 Å². The maximum absolute atomic E-state index is 4.35. The number of pyridine rings is 1. The Kier molecular flexibility index (Phi) is 5.84. The minimum absolute atomic E-state index is 0.175. The molecule has 0 aliphatic heterocycles. The van der Waals surface area contributed by atoms with Gasteiger partial charge < -0.3 is 10.6 Å². The Morgan fingerprint density at radius 2 is 1.92 bits per heavy atom. The molecule has 0 saturated carbocycles. The van der Waals surface area contributed by atoms with Crippen LogP contribution in [-0.4, -0.2) is 24.5 Å². The first-order chi connectivity index (χ1) is 12.7. The van der Waals surface area contributed by atoms with Crippen LogP contribution in [0.2, 0.25) is 0 Å². The molecule has 4 heteroatoms. The van der Waals surface area contributed by atoms with Gasteiger partial charge in [-0.1, -0.05) is 36.4 Å². The maximum atomic E-state index is 4.35. The van der Waals surface area contributed by atoms with E-state index < -0.39 is 0 Å². The van der Waals surface area contributed by atoms with Gasteiger partial charge in [0.25, 0.3) is 0 Å². The second-order valence-corrected chi connectivity index (χ2v) is 6.52. The van der Waals surface area contributed by atoms with Crippen molar-refractivity contribution in [3.8, 4) is 0 Å². The van der Waals surface area contributed by atoms with Crippen LogP contribution in [0.5, 0.6) is 0 Å². The van der Waals surface area contributed by atoms with Gasteiger partial charge in [-0.25, -0.2) is 0 Å². The Hall–Kier alpha value is -2.88. The molecule has 2 N–H and O–H groups in total. The van der Waals surface area contributed by atoms with E-state index in [1.54, 1.807) is 7.05 Å². The van der Waals surface area contributed by atoms with Crippen LogP contribution in [0.25, 0.3) is 10.8 Å². The van der Waals surface area contributed by atoms with E-state index in [0.29, 0.717) is 0 Å². The third kappa shape index (κ3) is 4.39. The molecule has 26 heavy (non-hydrogen) atoms. The third-order valence-electron chi connectivity index (χ3n) is 4.67. The van der Waals surface area contributed by atoms with E-state index in [1.165, 1.54) is 27.5 Å². The molecule has 0 spiro atoms. The number of benzene rings is 2. The second kappa shape index (κ2) is 8.48. The summed E-state index contributed by atoms with van der Waals surface area (Å²) in [7, 11) is 1.81. The summed E-state index contributed by atoms with van der Waals surface area (Å²) in [6.45, 7) is 5.08. The SMILES string of the molecule is CN=C(NCCc1ccncc1C)NC(C)c1ccc2ccccc2c1. The molecule has 0 bridgehead atoms. The summed E-state index contributed by atoms with van der Waals surface area (Å²) < 4.78 is 0. The Bertz CT molecular complexity index is 901. The van der Waals surface area contributed by atoms with Gasteiger partial charge in [0.15, 0.2) is 5.96 Å². The first kappa shape index (κ1) is 17.9. The van der Waals surface area contributed by atoms with E-state index in [9.17, 15) is 0 Å². The maximum Gasteiger partial charge on any atom is 0.191 e. The summed E-state index contributed by atoms with van der Waals surface area (Å²) in [5.41, 5.74) is 3.78. The van der Waals surface area contributed by atoms with Crippen molar-refractivity contribution >= 4 is 16.7 Å². The van der Waals surface area contributed by atoms with E-state index in [0.717, 1.165) is 18.9 Å². The van der Waals surface area contributed by atoms with Crippen LogP contribution >= 0.6 is 0 Å². The standard InChI is InChI=1S/C22H26N4/c1-16-15-24-12-10-18(16)11-13-25-22(23-3)26-17(2)20-9-8-19-6-4-5-7-21(19)14-20/h4-10,12,14-15,17H,11,13H2,1-3H3,(H2,23,25,26). The van der Waals surface area contributed by atoms with Crippen LogP contribution in [0.1, 0.15) is 29.7 Å². The molecule has 3 aromatic rings. The lowest BCUT2D eigenvalue weighted by atomic mass is 10.0. The van der Waals surface area contributed by atoms with Crippen LogP contribution < -0.4 is 10.6 Å². The van der Waals surface area contributed by atoms with Crippen molar-refractivity contribution in [3.63, 3.8) is 0 Å². The fourth-order valence-corrected chi connectivity index (χ4v) is 3.06. The molecule has 0 aliphatic rings. The summed E-state index contributed by atoms with van der Waals surface area (Å²) in [4.78, 5) is 8.49. The minimum Gasteiger partial charge on any atom is -0.356 e. The molecular weight excluding hydrogens is 320 g/mol. The summed E-state index contributed by atoms with van der Waals surface area (Å²) in [6.07, 6.45) is 4.70. The Morgan fingerprint density at radius 1 is 1.12 bits per heavy atom. The van der Waals surface area contributed by atoms with Crippen molar-refractivity contribution in [2.24, 2.45) is 4.99 Å². The third-order valence-corrected chi connectivity index (χ3v) is 4.67. The number of nitrogens with zero attached hydrogens (tertiary/aromatic N) is 2. The van der Waals surface area contributed by atoms with Crippen LogP contribution in [0, 0.1) is 6.92 Å². The second-order valence-electron chi connectivity index (χ2n) is 6.52. The Balaban J connectivity index is 1.59. The molecule has 4 nitrogen and oxygen atoms in total. The highest BCUT2D eigenvalue weighted by atomic mass is 15.2. The zero-order valence-electron chi connectivity index (χ0n) is 15.7. The van der Waals surface area contributed by atoms with Crippen LogP contribution in [-0.2, 0) is 6.42 Å².